The fourth-order valence-electron chi connectivity index (χ4n) is 7.80. The molecular formula is C53H93NO6. The van der Waals surface area contributed by atoms with E-state index in [2.05, 4.69) is 61.5 Å². The number of rotatable bonds is 46. The van der Waals surface area contributed by atoms with Crippen LogP contribution >= 0.6 is 0 Å². The van der Waals surface area contributed by atoms with E-state index in [9.17, 15) is 9.59 Å². The van der Waals surface area contributed by atoms with Gasteiger partial charge in [-0.1, -0.05) is 166 Å². The Morgan fingerprint density at radius 2 is 0.683 bits per heavy atom. The molecule has 2 N–H and O–H groups in total. The summed E-state index contributed by atoms with van der Waals surface area (Å²) in [6.07, 6.45) is 51.9. The van der Waals surface area contributed by atoms with E-state index in [1.54, 1.807) is 0 Å². The van der Waals surface area contributed by atoms with E-state index in [4.69, 9.17) is 19.7 Å². The Bertz CT molecular complexity index is 1100. The number of carbonyl (C=O) groups is 2. The molecule has 0 bridgehead atoms. The van der Waals surface area contributed by atoms with Gasteiger partial charge in [-0.2, -0.15) is 0 Å². The topological polar surface area (TPSA) is 96.3 Å². The summed E-state index contributed by atoms with van der Waals surface area (Å²) < 4.78 is 12.5. The minimum absolute atomic E-state index is 0.316. The summed E-state index contributed by atoms with van der Waals surface area (Å²) in [5.41, 5.74) is 1.24. The molecule has 7 heteroatoms. The van der Waals surface area contributed by atoms with Crippen molar-refractivity contribution in [3.8, 4) is 11.5 Å². The number of unbranched alkanes of at least 4 members (excludes halogenated alkanes) is 30. The molecule has 0 saturated heterocycles. The van der Waals surface area contributed by atoms with E-state index in [0.717, 1.165) is 82.6 Å². The number of benzene rings is 1. The number of aliphatic carboxylic acids is 2. The standard InChI is InChI=1S/C53H93NO6/c1-54(2)48-49-45-50(59-43-39-35-31-27-23-19-15-11-7-3-5-9-13-17-21-25-29-33-37-41-52(55)56)47-51(46-49)60-44-40-36-32-28-24-20-16-12-8-4-6-10-14-18-22-26-30-34-38-42-53(57)58/h9-10,13-14,45-47H,3-8,11-12,15-44,48H2,1-2H3,(H,55,56)(H,57,58)/b13-9-,14-10-. The predicted octanol–water partition coefficient (Wildman–Crippen LogP) is 15.8. The molecule has 60 heavy (non-hydrogen) atoms. The van der Waals surface area contributed by atoms with Gasteiger partial charge in [-0.05, 0) is 109 Å². The van der Waals surface area contributed by atoms with Crippen LogP contribution in [-0.2, 0) is 16.1 Å². The van der Waals surface area contributed by atoms with Gasteiger partial charge in [0.15, 0.2) is 0 Å². The lowest BCUT2D eigenvalue weighted by atomic mass is 10.1. The molecule has 1 aromatic rings. The molecule has 0 aromatic heterocycles. The van der Waals surface area contributed by atoms with Crippen LogP contribution in [0.5, 0.6) is 11.5 Å². The van der Waals surface area contributed by atoms with Crippen molar-refractivity contribution < 1.29 is 29.3 Å². The molecule has 346 valence electrons. The molecule has 0 saturated carbocycles. The predicted molar refractivity (Wildman–Crippen MR) is 255 cm³/mol. The number of ether oxygens (including phenoxy) is 2. The summed E-state index contributed by atoms with van der Waals surface area (Å²) >= 11 is 0. The highest BCUT2D eigenvalue weighted by atomic mass is 16.5. The van der Waals surface area contributed by atoms with Crippen molar-refractivity contribution in [2.45, 2.75) is 238 Å². The third-order valence-corrected chi connectivity index (χ3v) is 11.4. The summed E-state index contributed by atoms with van der Waals surface area (Å²) in [7, 11) is 4.22. The number of carboxylic acid groups (broad SMARTS) is 2. The lowest BCUT2D eigenvalue weighted by molar-refractivity contribution is -0.138. The average molecular weight is 840 g/mol. The number of hydrogen-bond donors (Lipinski definition) is 2. The first kappa shape index (κ1) is 55.2. The average Bonchev–Trinajstić information content (AvgIpc) is 3.21. The van der Waals surface area contributed by atoms with E-state index < -0.39 is 11.9 Å². The van der Waals surface area contributed by atoms with Crippen LogP contribution in [0.15, 0.2) is 42.5 Å². The van der Waals surface area contributed by atoms with Crippen LogP contribution in [0.3, 0.4) is 0 Å². The summed E-state index contributed by atoms with van der Waals surface area (Å²) in [5, 5.41) is 17.4. The molecule has 0 amide bonds. The number of hydrogen-bond acceptors (Lipinski definition) is 5. The minimum Gasteiger partial charge on any atom is -0.493 e. The molecular weight excluding hydrogens is 747 g/mol. The highest BCUT2D eigenvalue weighted by Gasteiger charge is 2.06. The quantitative estimate of drug-likeness (QED) is 0.0498. The Labute approximate surface area is 369 Å². The van der Waals surface area contributed by atoms with E-state index in [0.29, 0.717) is 12.8 Å². The molecule has 0 spiro atoms. The SMILES string of the molecule is CN(C)Cc1cc(OCCCCCCCCCCCC/C=C\CCCCCCCC(=O)O)cc(OCCCCCCCCCCCC/C=C\CCCCCCCC(=O)O)c1. The first-order valence-corrected chi connectivity index (χ1v) is 25.1. The molecule has 0 heterocycles. The van der Waals surface area contributed by atoms with Gasteiger partial charge in [0.25, 0.3) is 0 Å². The van der Waals surface area contributed by atoms with E-state index in [-0.39, 0.29) is 0 Å². The number of allylic oxidation sites excluding steroid dienone is 4. The maximum absolute atomic E-state index is 10.5. The van der Waals surface area contributed by atoms with Crippen LogP contribution < -0.4 is 9.47 Å². The molecule has 0 aliphatic rings. The molecule has 0 atom stereocenters. The van der Waals surface area contributed by atoms with Gasteiger partial charge >= 0.3 is 11.9 Å². The largest absolute Gasteiger partial charge is 0.493 e. The molecule has 0 aliphatic heterocycles. The van der Waals surface area contributed by atoms with Crippen molar-refractivity contribution in [2.75, 3.05) is 27.3 Å². The highest BCUT2D eigenvalue weighted by Crippen LogP contribution is 2.25. The highest BCUT2D eigenvalue weighted by molar-refractivity contribution is 5.66. The number of nitrogens with zero attached hydrogens (tertiary/aromatic N) is 1. The van der Waals surface area contributed by atoms with Gasteiger partial charge < -0.3 is 24.6 Å². The summed E-state index contributed by atoms with van der Waals surface area (Å²) in [4.78, 5) is 23.3. The van der Waals surface area contributed by atoms with E-state index in [1.807, 2.05) is 0 Å². The lowest BCUT2D eigenvalue weighted by Crippen LogP contribution is -2.11. The Morgan fingerprint density at radius 3 is 0.967 bits per heavy atom. The molecule has 0 unspecified atom stereocenters. The molecule has 0 fully saturated rings. The molecule has 0 radical (unpaired) electrons. The first-order valence-electron chi connectivity index (χ1n) is 25.1. The van der Waals surface area contributed by atoms with Gasteiger partial charge in [0, 0.05) is 25.5 Å². The molecule has 0 aliphatic carbocycles. The lowest BCUT2D eigenvalue weighted by Gasteiger charge is -2.15. The first-order chi connectivity index (χ1) is 29.4. The van der Waals surface area contributed by atoms with Crippen LogP contribution in [0.1, 0.15) is 237 Å². The van der Waals surface area contributed by atoms with Crippen molar-refractivity contribution in [2.24, 2.45) is 0 Å². The Balaban J connectivity index is 1.99. The second kappa shape index (κ2) is 42.9. The van der Waals surface area contributed by atoms with Crippen LogP contribution in [0.2, 0.25) is 0 Å². The second-order valence-corrected chi connectivity index (χ2v) is 17.7. The molecule has 1 aromatic carbocycles. The third kappa shape index (κ3) is 40.6. The zero-order valence-corrected chi connectivity index (χ0v) is 39.1. The normalized spacial score (nSPS) is 11.7. The number of carboxylic acids is 2. The third-order valence-electron chi connectivity index (χ3n) is 11.4. The van der Waals surface area contributed by atoms with Gasteiger partial charge in [0.05, 0.1) is 13.2 Å². The van der Waals surface area contributed by atoms with Crippen molar-refractivity contribution in [3.63, 3.8) is 0 Å². The van der Waals surface area contributed by atoms with E-state index in [1.165, 1.54) is 173 Å². The van der Waals surface area contributed by atoms with Gasteiger partial charge in [-0.25, -0.2) is 0 Å². The van der Waals surface area contributed by atoms with Gasteiger partial charge in [0.1, 0.15) is 11.5 Å². The van der Waals surface area contributed by atoms with Crippen molar-refractivity contribution in [1.29, 1.82) is 0 Å². The fraction of sp³-hybridized carbons (Fsp3) is 0.774. The zero-order valence-electron chi connectivity index (χ0n) is 39.1. The summed E-state index contributed by atoms with van der Waals surface area (Å²) in [6.45, 7) is 2.42. The Kier molecular flexibility index (Phi) is 39.5. The maximum Gasteiger partial charge on any atom is 0.303 e. The summed E-state index contributed by atoms with van der Waals surface area (Å²) in [6, 6.07) is 6.44. The van der Waals surface area contributed by atoms with Gasteiger partial charge in [-0.15, -0.1) is 0 Å². The fourth-order valence-corrected chi connectivity index (χ4v) is 7.80. The molecule has 1 rings (SSSR count). The van der Waals surface area contributed by atoms with Gasteiger partial charge in [0.2, 0.25) is 0 Å². The minimum atomic E-state index is -0.671. The smallest absolute Gasteiger partial charge is 0.303 e. The second-order valence-electron chi connectivity index (χ2n) is 17.7. The van der Waals surface area contributed by atoms with Gasteiger partial charge in [-0.3, -0.25) is 9.59 Å². The summed E-state index contributed by atoms with van der Waals surface area (Å²) in [5.74, 6) is 0.533. The van der Waals surface area contributed by atoms with Crippen LogP contribution in [-0.4, -0.2) is 54.4 Å². The monoisotopic (exact) mass is 840 g/mol. The maximum atomic E-state index is 10.5. The Hall–Kier alpha value is -2.80. The molecule has 7 nitrogen and oxygen atoms in total. The van der Waals surface area contributed by atoms with Crippen molar-refractivity contribution in [3.05, 3.63) is 48.1 Å². The van der Waals surface area contributed by atoms with Crippen molar-refractivity contribution >= 4 is 11.9 Å². The van der Waals surface area contributed by atoms with Crippen LogP contribution in [0.4, 0.5) is 0 Å². The van der Waals surface area contributed by atoms with Crippen molar-refractivity contribution in [1.82, 2.24) is 4.90 Å². The van der Waals surface area contributed by atoms with Crippen LogP contribution in [0.25, 0.3) is 0 Å². The zero-order chi connectivity index (χ0) is 43.4. The van der Waals surface area contributed by atoms with Crippen LogP contribution in [0, 0.1) is 0 Å². The van der Waals surface area contributed by atoms with E-state index >= 15 is 0 Å². The Morgan fingerprint density at radius 1 is 0.417 bits per heavy atom.